The molecule has 5 heteroatoms. The molecule has 2 aromatic carbocycles. The molecule has 0 aliphatic heterocycles. The van der Waals surface area contributed by atoms with E-state index in [0.29, 0.717) is 17.1 Å². The van der Waals surface area contributed by atoms with Crippen LogP contribution in [0, 0.1) is 0 Å². The number of benzene rings is 2. The van der Waals surface area contributed by atoms with Crippen molar-refractivity contribution in [1.29, 1.82) is 0 Å². The summed E-state index contributed by atoms with van der Waals surface area (Å²) in [7, 11) is 1.52. The lowest BCUT2D eigenvalue weighted by Crippen LogP contribution is -2.09. The van der Waals surface area contributed by atoms with Gasteiger partial charge in [0.15, 0.2) is 11.5 Å². The molecule has 0 aliphatic rings. The first-order valence-electron chi connectivity index (χ1n) is 7.09. The molecule has 0 radical (unpaired) electrons. The van der Waals surface area contributed by atoms with Crippen molar-refractivity contribution >= 4 is 17.0 Å². The van der Waals surface area contributed by atoms with Crippen molar-refractivity contribution in [1.82, 2.24) is 9.97 Å². The summed E-state index contributed by atoms with van der Waals surface area (Å²) < 4.78 is 10.6. The van der Waals surface area contributed by atoms with E-state index in [1.807, 2.05) is 30.3 Å². The summed E-state index contributed by atoms with van der Waals surface area (Å²) in [5.74, 6) is 1.04. The third-order valence-corrected chi connectivity index (χ3v) is 3.38. The van der Waals surface area contributed by atoms with Crippen LogP contribution in [0.2, 0.25) is 0 Å². The Morgan fingerprint density at radius 3 is 2.65 bits per heavy atom. The molecule has 0 atom stereocenters. The zero-order valence-electron chi connectivity index (χ0n) is 12.9. The fourth-order valence-electron chi connectivity index (χ4n) is 2.18. The highest BCUT2D eigenvalue weighted by atomic mass is 16.6. The highest BCUT2D eigenvalue weighted by molar-refractivity contribution is 5.89. The Kier molecular flexibility index (Phi) is 3.85. The summed E-state index contributed by atoms with van der Waals surface area (Å²) in [6, 6.07) is 13.1. The number of methoxy groups -OCH3 is 1. The number of aromatic amines is 1. The molecule has 3 aromatic rings. The van der Waals surface area contributed by atoms with Gasteiger partial charge in [-0.1, -0.05) is 18.7 Å². The Morgan fingerprint density at radius 2 is 1.96 bits per heavy atom. The number of carbonyl (C=O) groups is 1. The lowest BCUT2D eigenvalue weighted by Gasteiger charge is -2.10. The summed E-state index contributed by atoms with van der Waals surface area (Å²) in [5, 5.41) is 0. The monoisotopic (exact) mass is 308 g/mol. The van der Waals surface area contributed by atoms with E-state index in [1.54, 1.807) is 19.1 Å². The van der Waals surface area contributed by atoms with Crippen molar-refractivity contribution in [3.63, 3.8) is 0 Å². The number of hydrogen-bond acceptors (Lipinski definition) is 4. The Balaban J connectivity index is 1.98. The Hall–Kier alpha value is -3.08. The minimum Gasteiger partial charge on any atom is -0.493 e. The molecule has 0 amide bonds. The highest BCUT2D eigenvalue weighted by Crippen LogP contribution is 2.32. The maximum absolute atomic E-state index is 11.7. The minimum absolute atomic E-state index is 0.327. The summed E-state index contributed by atoms with van der Waals surface area (Å²) in [6.07, 6.45) is 0. The van der Waals surface area contributed by atoms with Gasteiger partial charge in [0.2, 0.25) is 0 Å². The number of para-hydroxylation sites is 2. The zero-order valence-corrected chi connectivity index (χ0v) is 12.9. The van der Waals surface area contributed by atoms with E-state index in [9.17, 15) is 4.79 Å². The smallest absolute Gasteiger partial charge is 0.338 e. The van der Waals surface area contributed by atoms with Gasteiger partial charge in [-0.3, -0.25) is 0 Å². The number of fused-ring (bicyclic) bond motifs is 1. The van der Waals surface area contributed by atoms with Crippen LogP contribution in [-0.4, -0.2) is 23.0 Å². The van der Waals surface area contributed by atoms with Crippen LogP contribution in [0.3, 0.4) is 0 Å². The number of nitrogens with one attached hydrogen (secondary N) is 1. The van der Waals surface area contributed by atoms with E-state index in [2.05, 4.69) is 16.5 Å². The maximum Gasteiger partial charge on any atom is 0.338 e. The topological polar surface area (TPSA) is 64.2 Å². The molecule has 0 unspecified atom stereocenters. The van der Waals surface area contributed by atoms with Crippen LogP contribution in [-0.2, 0) is 4.79 Å². The van der Waals surface area contributed by atoms with Crippen molar-refractivity contribution in [2.45, 2.75) is 6.92 Å². The Morgan fingerprint density at radius 1 is 1.17 bits per heavy atom. The van der Waals surface area contributed by atoms with Crippen LogP contribution >= 0.6 is 0 Å². The lowest BCUT2D eigenvalue weighted by atomic mass is 10.2. The van der Waals surface area contributed by atoms with E-state index < -0.39 is 5.97 Å². The second kappa shape index (κ2) is 5.96. The van der Waals surface area contributed by atoms with Crippen LogP contribution in [0.5, 0.6) is 11.5 Å². The van der Waals surface area contributed by atoms with E-state index in [1.165, 1.54) is 7.11 Å². The number of carbonyl (C=O) groups excluding carboxylic acids is 1. The molecule has 1 heterocycles. The van der Waals surface area contributed by atoms with Crippen molar-refractivity contribution in [2.24, 2.45) is 0 Å². The maximum atomic E-state index is 11.7. The van der Waals surface area contributed by atoms with Gasteiger partial charge in [-0.15, -0.1) is 0 Å². The van der Waals surface area contributed by atoms with E-state index in [4.69, 9.17) is 9.47 Å². The van der Waals surface area contributed by atoms with Crippen molar-refractivity contribution in [3.8, 4) is 22.9 Å². The Labute approximate surface area is 133 Å². The summed E-state index contributed by atoms with van der Waals surface area (Å²) in [5.41, 5.74) is 3.01. The third kappa shape index (κ3) is 2.94. The zero-order chi connectivity index (χ0) is 16.4. The average molecular weight is 308 g/mol. The fraction of sp³-hybridized carbons (Fsp3) is 0.111. The van der Waals surface area contributed by atoms with E-state index in [0.717, 1.165) is 22.4 Å². The molecule has 3 rings (SSSR count). The highest BCUT2D eigenvalue weighted by Gasteiger charge is 2.13. The van der Waals surface area contributed by atoms with Crippen LogP contribution in [0.4, 0.5) is 0 Å². The molecule has 1 N–H and O–H groups in total. The lowest BCUT2D eigenvalue weighted by molar-refractivity contribution is -0.130. The average Bonchev–Trinajstić information content (AvgIpc) is 2.99. The van der Waals surface area contributed by atoms with Crippen LogP contribution in [0.15, 0.2) is 54.6 Å². The van der Waals surface area contributed by atoms with Gasteiger partial charge in [-0.2, -0.15) is 0 Å². The first-order chi connectivity index (χ1) is 11.1. The standard InChI is InChI=1S/C18H16N2O3/c1-11(2)18(21)23-15-9-8-12(10-16(15)22-3)17-19-13-6-4-5-7-14(13)20-17/h4-10H,1H2,2-3H3,(H,19,20). The summed E-state index contributed by atoms with van der Waals surface area (Å²) in [6.45, 7) is 5.16. The molecule has 0 saturated carbocycles. The minimum atomic E-state index is -0.486. The van der Waals surface area contributed by atoms with E-state index >= 15 is 0 Å². The van der Waals surface area contributed by atoms with Crippen LogP contribution in [0.25, 0.3) is 22.4 Å². The van der Waals surface area contributed by atoms with Gasteiger partial charge in [-0.25, -0.2) is 9.78 Å². The number of imidazole rings is 1. The third-order valence-electron chi connectivity index (χ3n) is 3.38. The SMILES string of the molecule is C=C(C)C(=O)Oc1ccc(-c2nc3ccccc3[nH]2)cc1OC. The van der Waals surface area contributed by atoms with Gasteiger partial charge in [-0.05, 0) is 37.3 Å². The summed E-state index contributed by atoms with van der Waals surface area (Å²) in [4.78, 5) is 19.5. The molecular weight excluding hydrogens is 292 g/mol. The van der Waals surface area contributed by atoms with Gasteiger partial charge in [0.25, 0.3) is 0 Å². The molecule has 0 saturated heterocycles. The number of esters is 1. The molecule has 23 heavy (non-hydrogen) atoms. The quantitative estimate of drug-likeness (QED) is 0.453. The van der Waals surface area contributed by atoms with Gasteiger partial charge in [0, 0.05) is 11.1 Å². The number of rotatable bonds is 4. The number of aromatic nitrogens is 2. The van der Waals surface area contributed by atoms with Gasteiger partial charge >= 0.3 is 5.97 Å². The van der Waals surface area contributed by atoms with Crippen LogP contribution in [0.1, 0.15) is 6.92 Å². The number of nitrogens with zero attached hydrogens (tertiary/aromatic N) is 1. The van der Waals surface area contributed by atoms with Gasteiger partial charge < -0.3 is 14.5 Å². The molecule has 0 bridgehead atoms. The molecule has 116 valence electrons. The first kappa shape index (κ1) is 14.8. The second-order valence-electron chi connectivity index (χ2n) is 5.14. The van der Waals surface area contributed by atoms with Crippen molar-refractivity contribution < 1.29 is 14.3 Å². The summed E-state index contributed by atoms with van der Waals surface area (Å²) >= 11 is 0. The molecule has 0 spiro atoms. The normalized spacial score (nSPS) is 10.5. The fourth-order valence-corrected chi connectivity index (χ4v) is 2.18. The predicted octanol–water partition coefficient (Wildman–Crippen LogP) is 3.72. The molecule has 0 fully saturated rings. The van der Waals surface area contributed by atoms with Gasteiger partial charge in [0.05, 0.1) is 18.1 Å². The molecule has 5 nitrogen and oxygen atoms in total. The Bertz CT molecular complexity index is 863. The van der Waals surface area contributed by atoms with Crippen LogP contribution < -0.4 is 9.47 Å². The molecule has 0 aliphatic carbocycles. The second-order valence-corrected chi connectivity index (χ2v) is 5.14. The largest absolute Gasteiger partial charge is 0.493 e. The molecular formula is C18H16N2O3. The van der Waals surface area contributed by atoms with E-state index in [-0.39, 0.29) is 0 Å². The van der Waals surface area contributed by atoms with Crippen molar-refractivity contribution in [3.05, 3.63) is 54.6 Å². The first-order valence-corrected chi connectivity index (χ1v) is 7.09. The number of ether oxygens (including phenoxy) is 2. The van der Waals surface area contributed by atoms with Gasteiger partial charge in [0.1, 0.15) is 5.82 Å². The molecule has 1 aromatic heterocycles. The predicted molar refractivity (Wildman–Crippen MR) is 88.5 cm³/mol. The number of hydrogen-bond donors (Lipinski definition) is 1. The number of H-pyrrole nitrogens is 1. The van der Waals surface area contributed by atoms with Crippen molar-refractivity contribution in [2.75, 3.05) is 7.11 Å².